The Morgan fingerprint density at radius 2 is 1.89 bits per heavy atom. The van der Waals surface area contributed by atoms with Crippen LogP contribution in [0.4, 0.5) is 5.82 Å². The maximum absolute atomic E-state index is 5.84. The number of nitrogens with zero attached hydrogens (tertiary/aromatic N) is 2. The molecule has 0 radical (unpaired) electrons. The first kappa shape index (κ1) is 21.6. The van der Waals surface area contributed by atoms with E-state index < -0.39 is 0 Å². The fourth-order valence-electron chi connectivity index (χ4n) is 3.87. The number of nitrogen functional groups attached to an aromatic ring is 1. The van der Waals surface area contributed by atoms with E-state index in [2.05, 4.69) is 51.6 Å². The molecule has 2 aromatic rings. The molecule has 0 amide bonds. The number of hydrogen-bond donors (Lipinski definition) is 3. The molecule has 2 atom stereocenters. The summed E-state index contributed by atoms with van der Waals surface area (Å²) in [5, 5.41) is 3.78. The van der Waals surface area contributed by atoms with Gasteiger partial charge in [-0.2, -0.15) is 0 Å². The maximum Gasteiger partial charge on any atom is 0.123 e. The van der Waals surface area contributed by atoms with Gasteiger partial charge in [0, 0.05) is 37.9 Å². The van der Waals surface area contributed by atoms with Crippen LogP contribution in [0.25, 0.3) is 0 Å². The minimum atomic E-state index is 0. The van der Waals surface area contributed by atoms with Gasteiger partial charge in [0.1, 0.15) is 5.82 Å². The average Bonchev–Trinajstić information content (AvgIpc) is 3.01. The van der Waals surface area contributed by atoms with Crippen LogP contribution in [0.2, 0.25) is 0 Å². The SMILES string of the molecule is Cl.NCCN1C[C@H](Cc2cccc(N)n2)[C@H](NCCCc2ccccc2)C1. The van der Waals surface area contributed by atoms with Gasteiger partial charge in [-0.05, 0) is 49.4 Å². The van der Waals surface area contributed by atoms with Crippen LogP contribution >= 0.6 is 12.4 Å². The monoisotopic (exact) mass is 389 g/mol. The molecule has 1 fully saturated rings. The summed E-state index contributed by atoms with van der Waals surface area (Å²) in [4.78, 5) is 6.95. The lowest BCUT2D eigenvalue weighted by Crippen LogP contribution is -2.38. The minimum Gasteiger partial charge on any atom is -0.384 e. The molecule has 1 aromatic heterocycles. The van der Waals surface area contributed by atoms with Crippen LogP contribution in [-0.4, -0.2) is 48.6 Å². The lowest BCUT2D eigenvalue weighted by Gasteiger charge is -2.20. The number of nitrogens with two attached hydrogens (primary N) is 2. The van der Waals surface area contributed by atoms with Crippen molar-refractivity contribution in [2.75, 3.05) is 38.5 Å². The summed E-state index contributed by atoms with van der Waals surface area (Å²) in [6.07, 6.45) is 3.23. The summed E-state index contributed by atoms with van der Waals surface area (Å²) in [5.74, 6) is 1.15. The molecule has 6 heteroatoms. The molecular formula is C21H32ClN5. The number of likely N-dealkylation sites (tertiary alicyclic amines) is 1. The molecule has 1 aliphatic heterocycles. The van der Waals surface area contributed by atoms with E-state index in [-0.39, 0.29) is 12.4 Å². The van der Waals surface area contributed by atoms with Gasteiger partial charge in [-0.25, -0.2) is 4.98 Å². The van der Waals surface area contributed by atoms with E-state index in [0.717, 1.165) is 51.1 Å². The molecule has 0 saturated carbocycles. The summed E-state index contributed by atoms with van der Waals surface area (Å²) < 4.78 is 0. The Kier molecular flexibility index (Phi) is 9.01. The zero-order valence-corrected chi connectivity index (χ0v) is 16.7. The number of nitrogens with one attached hydrogen (secondary N) is 1. The van der Waals surface area contributed by atoms with Gasteiger partial charge in [0.25, 0.3) is 0 Å². The predicted molar refractivity (Wildman–Crippen MR) is 115 cm³/mol. The molecule has 148 valence electrons. The Hall–Kier alpha value is -1.66. The second kappa shape index (κ2) is 11.2. The molecular weight excluding hydrogens is 358 g/mol. The van der Waals surface area contributed by atoms with Crippen LogP contribution in [-0.2, 0) is 12.8 Å². The van der Waals surface area contributed by atoms with Crippen molar-refractivity contribution in [1.29, 1.82) is 0 Å². The van der Waals surface area contributed by atoms with E-state index in [1.165, 1.54) is 5.56 Å². The van der Waals surface area contributed by atoms with Crippen LogP contribution in [0, 0.1) is 5.92 Å². The van der Waals surface area contributed by atoms with E-state index in [9.17, 15) is 0 Å². The molecule has 3 rings (SSSR count). The molecule has 0 aliphatic carbocycles. The highest BCUT2D eigenvalue weighted by Crippen LogP contribution is 2.21. The van der Waals surface area contributed by atoms with Crippen LogP contribution < -0.4 is 16.8 Å². The topological polar surface area (TPSA) is 80.2 Å². The van der Waals surface area contributed by atoms with Gasteiger partial charge in [-0.1, -0.05) is 36.4 Å². The van der Waals surface area contributed by atoms with Crippen molar-refractivity contribution >= 4 is 18.2 Å². The number of pyridine rings is 1. The molecule has 5 N–H and O–H groups in total. The van der Waals surface area contributed by atoms with Gasteiger partial charge in [0.2, 0.25) is 0 Å². The molecule has 27 heavy (non-hydrogen) atoms. The zero-order valence-electron chi connectivity index (χ0n) is 15.9. The summed E-state index contributed by atoms with van der Waals surface area (Å²) >= 11 is 0. The predicted octanol–water partition coefficient (Wildman–Crippen LogP) is 2.11. The number of anilines is 1. The third-order valence-electron chi connectivity index (χ3n) is 5.15. The van der Waals surface area contributed by atoms with E-state index >= 15 is 0 Å². The third kappa shape index (κ3) is 6.78. The molecule has 0 bridgehead atoms. The first-order valence-electron chi connectivity index (χ1n) is 9.65. The summed E-state index contributed by atoms with van der Waals surface area (Å²) in [6, 6.07) is 17.1. The van der Waals surface area contributed by atoms with Gasteiger partial charge in [0.05, 0.1) is 0 Å². The van der Waals surface area contributed by atoms with Crippen LogP contribution in [0.15, 0.2) is 48.5 Å². The largest absolute Gasteiger partial charge is 0.384 e. The first-order chi connectivity index (χ1) is 12.7. The Balaban J connectivity index is 0.00000261. The number of benzene rings is 1. The Morgan fingerprint density at radius 1 is 1.07 bits per heavy atom. The van der Waals surface area contributed by atoms with E-state index in [1.54, 1.807) is 0 Å². The Morgan fingerprint density at radius 3 is 2.63 bits per heavy atom. The highest BCUT2D eigenvalue weighted by molar-refractivity contribution is 5.85. The molecule has 5 nitrogen and oxygen atoms in total. The fourth-order valence-corrected chi connectivity index (χ4v) is 3.87. The van der Waals surface area contributed by atoms with Crippen LogP contribution in [0.3, 0.4) is 0 Å². The summed E-state index contributed by atoms with van der Waals surface area (Å²) in [6.45, 7) is 4.85. The second-order valence-corrected chi connectivity index (χ2v) is 7.22. The van der Waals surface area contributed by atoms with Gasteiger partial charge < -0.3 is 21.7 Å². The molecule has 1 saturated heterocycles. The van der Waals surface area contributed by atoms with E-state index in [1.807, 2.05) is 12.1 Å². The quantitative estimate of drug-likeness (QED) is 0.572. The molecule has 0 unspecified atom stereocenters. The molecule has 2 heterocycles. The lowest BCUT2D eigenvalue weighted by atomic mass is 9.97. The fraction of sp³-hybridized carbons (Fsp3) is 0.476. The number of rotatable bonds is 9. The Labute approximate surface area is 168 Å². The third-order valence-corrected chi connectivity index (χ3v) is 5.15. The minimum absolute atomic E-state index is 0. The van der Waals surface area contributed by atoms with Gasteiger partial charge in [-0.3, -0.25) is 0 Å². The maximum atomic E-state index is 5.84. The number of aryl methyl sites for hydroxylation is 1. The van der Waals surface area contributed by atoms with E-state index in [4.69, 9.17) is 11.5 Å². The smallest absolute Gasteiger partial charge is 0.123 e. The molecule has 1 aliphatic rings. The standard InChI is InChI=1S/C21H31N5.ClH/c22-11-13-26-15-18(14-19-9-4-10-21(23)25-19)20(16-26)24-12-5-8-17-6-2-1-3-7-17;/h1-4,6-7,9-10,18,20,24H,5,8,11-16,22H2,(H2,23,25);1H/t18-,20+;/m0./s1. The lowest BCUT2D eigenvalue weighted by molar-refractivity contribution is 0.330. The Bertz CT molecular complexity index is 667. The van der Waals surface area contributed by atoms with Crippen LogP contribution in [0.1, 0.15) is 17.7 Å². The van der Waals surface area contributed by atoms with E-state index in [0.29, 0.717) is 24.3 Å². The van der Waals surface area contributed by atoms with Crippen molar-refractivity contribution in [3.8, 4) is 0 Å². The zero-order chi connectivity index (χ0) is 18.2. The van der Waals surface area contributed by atoms with Crippen molar-refractivity contribution < 1.29 is 0 Å². The van der Waals surface area contributed by atoms with Gasteiger partial charge in [0.15, 0.2) is 0 Å². The summed E-state index contributed by atoms with van der Waals surface area (Å²) in [5.41, 5.74) is 14.1. The normalized spacial score (nSPS) is 19.7. The second-order valence-electron chi connectivity index (χ2n) is 7.22. The van der Waals surface area contributed by atoms with Crippen molar-refractivity contribution in [3.05, 3.63) is 59.8 Å². The highest BCUT2D eigenvalue weighted by atomic mass is 35.5. The first-order valence-corrected chi connectivity index (χ1v) is 9.65. The van der Waals surface area contributed by atoms with Crippen molar-refractivity contribution in [3.63, 3.8) is 0 Å². The van der Waals surface area contributed by atoms with Gasteiger partial charge in [-0.15, -0.1) is 12.4 Å². The van der Waals surface area contributed by atoms with Crippen molar-refractivity contribution in [1.82, 2.24) is 15.2 Å². The van der Waals surface area contributed by atoms with Gasteiger partial charge >= 0.3 is 0 Å². The number of aromatic nitrogens is 1. The van der Waals surface area contributed by atoms with Crippen molar-refractivity contribution in [2.24, 2.45) is 11.7 Å². The van der Waals surface area contributed by atoms with Crippen molar-refractivity contribution in [2.45, 2.75) is 25.3 Å². The number of hydrogen-bond acceptors (Lipinski definition) is 5. The average molecular weight is 390 g/mol. The highest BCUT2D eigenvalue weighted by Gasteiger charge is 2.32. The molecule has 1 aromatic carbocycles. The molecule has 0 spiro atoms. The summed E-state index contributed by atoms with van der Waals surface area (Å²) in [7, 11) is 0. The van der Waals surface area contributed by atoms with Crippen LogP contribution in [0.5, 0.6) is 0 Å². The number of halogens is 1.